The van der Waals surface area contributed by atoms with Crippen molar-refractivity contribution in [2.45, 2.75) is 65.2 Å². The second-order valence-electron chi connectivity index (χ2n) is 8.22. The molecule has 0 bridgehead atoms. The Morgan fingerprint density at radius 2 is 1.73 bits per heavy atom. The summed E-state index contributed by atoms with van der Waals surface area (Å²) in [5.74, 6) is -0.162. The van der Waals surface area contributed by atoms with E-state index in [2.05, 4.69) is 30.6 Å². The summed E-state index contributed by atoms with van der Waals surface area (Å²) in [4.78, 5) is 23.1. The highest BCUT2D eigenvalue weighted by Crippen LogP contribution is 2.32. The van der Waals surface area contributed by atoms with Crippen LogP contribution in [0.3, 0.4) is 0 Å². The van der Waals surface area contributed by atoms with Crippen molar-refractivity contribution in [3.63, 3.8) is 0 Å². The monoisotopic (exact) mass is 379 g/mol. The van der Waals surface area contributed by atoms with Gasteiger partial charge in [0.2, 0.25) is 5.91 Å². The van der Waals surface area contributed by atoms with E-state index in [1.54, 1.807) is 11.8 Å². The van der Waals surface area contributed by atoms with Crippen LogP contribution in [0.25, 0.3) is 0 Å². The van der Waals surface area contributed by atoms with E-state index in [4.69, 9.17) is 4.74 Å². The molecule has 1 atom stereocenters. The van der Waals surface area contributed by atoms with Gasteiger partial charge in [0.1, 0.15) is 0 Å². The Morgan fingerprint density at radius 3 is 2.27 bits per heavy atom. The fourth-order valence-electron chi connectivity index (χ4n) is 2.65. The first-order valence-electron chi connectivity index (χ1n) is 9.07. The number of rotatable bonds is 9. The van der Waals surface area contributed by atoms with Gasteiger partial charge in [-0.05, 0) is 42.6 Å². The van der Waals surface area contributed by atoms with Gasteiger partial charge in [-0.15, -0.1) is 0 Å². The van der Waals surface area contributed by atoms with Gasteiger partial charge >= 0.3 is 5.97 Å². The normalized spacial score (nSPS) is 13.8. The number of nitrogens with one attached hydrogen (secondary N) is 1. The van der Waals surface area contributed by atoms with E-state index in [1.807, 2.05) is 32.9 Å². The van der Waals surface area contributed by atoms with Crippen LogP contribution in [0.15, 0.2) is 24.3 Å². The number of esters is 1. The van der Waals surface area contributed by atoms with Gasteiger partial charge in [-0.25, -0.2) is 0 Å². The number of thioether (sulfide) groups is 1. The summed E-state index contributed by atoms with van der Waals surface area (Å²) in [5, 5.41) is 2.87. The van der Waals surface area contributed by atoms with Crippen molar-refractivity contribution in [1.82, 2.24) is 5.32 Å². The number of hydrogen-bond acceptors (Lipinski definition) is 4. The van der Waals surface area contributed by atoms with Crippen molar-refractivity contribution < 1.29 is 14.3 Å². The Bertz CT molecular complexity index is 610. The third kappa shape index (κ3) is 8.75. The molecule has 0 saturated carbocycles. The maximum atomic E-state index is 11.9. The molecule has 26 heavy (non-hydrogen) atoms. The molecule has 0 radical (unpaired) electrons. The standard InChI is InChI=1S/C21H33NO3S/c1-16(23)22-15-18-10-8-7-9-17(18)13-21(5,26-6)11-12-25-19(24)14-20(2,3)4/h7-10H,11-15H2,1-6H3,(H,22,23). The molecule has 1 aromatic rings. The van der Waals surface area contributed by atoms with Crippen LogP contribution in [0.1, 0.15) is 58.6 Å². The molecular formula is C21H33NO3S. The van der Waals surface area contributed by atoms with Gasteiger partial charge in [-0.1, -0.05) is 45.0 Å². The first-order valence-corrected chi connectivity index (χ1v) is 10.3. The van der Waals surface area contributed by atoms with E-state index in [-0.39, 0.29) is 22.0 Å². The summed E-state index contributed by atoms with van der Waals surface area (Å²) >= 11 is 1.79. The predicted octanol–water partition coefficient (Wildman–Crippen LogP) is 4.36. The lowest BCUT2D eigenvalue weighted by Gasteiger charge is -2.29. The summed E-state index contributed by atoms with van der Waals surface area (Å²) in [6.45, 7) is 10.8. The number of amides is 1. The Balaban J connectivity index is 2.67. The molecule has 0 aliphatic carbocycles. The van der Waals surface area contributed by atoms with E-state index in [0.29, 0.717) is 19.6 Å². The van der Waals surface area contributed by atoms with Gasteiger partial charge in [0.15, 0.2) is 0 Å². The average Bonchev–Trinajstić information content (AvgIpc) is 2.52. The summed E-state index contributed by atoms with van der Waals surface area (Å²) < 4.78 is 5.42. The van der Waals surface area contributed by atoms with Crippen LogP contribution in [0, 0.1) is 5.41 Å². The molecule has 5 heteroatoms. The van der Waals surface area contributed by atoms with Gasteiger partial charge < -0.3 is 10.1 Å². The maximum Gasteiger partial charge on any atom is 0.306 e. The average molecular weight is 380 g/mol. The quantitative estimate of drug-likeness (QED) is 0.648. The lowest BCUT2D eigenvalue weighted by molar-refractivity contribution is -0.146. The topological polar surface area (TPSA) is 55.4 Å². The van der Waals surface area contributed by atoms with E-state index in [0.717, 1.165) is 18.4 Å². The Labute approximate surface area is 162 Å². The zero-order valence-corrected chi connectivity index (χ0v) is 17.8. The third-order valence-electron chi connectivity index (χ3n) is 4.27. The summed E-state index contributed by atoms with van der Waals surface area (Å²) in [6, 6.07) is 8.18. The summed E-state index contributed by atoms with van der Waals surface area (Å²) in [6.07, 6.45) is 4.18. The van der Waals surface area contributed by atoms with E-state index < -0.39 is 0 Å². The smallest absolute Gasteiger partial charge is 0.306 e. The predicted molar refractivity (Wildman–Crippen MR) is 109 cm³/mol. The highest BCUT2D eigenvalue weighted by atomic mass is 32.2. The minimum Gasteiger partial charge on any atom is -0.466 e. The molecule has 0 saturated heterocycles. The van der Waals surface area contributed by atoms with Crippen LogP contribution < -0.4 is 5.32 Å². The van der Waals surface area contributed by atoms with Gasteiger partial charge in [0.05, 0.1) is 13.0 Å². The van der Waals surface area contributed by atoms with Gasteiger partial charge in [0, 0.05) is 18.2 Å². The number of carbonyl (C=O) groups is 2. The molecule has 0 spiro atoms. The highest BCUT2D eigenvalue weighted by Gasteiger charge is 2.26. The van der Waals surface area contributed by atoms with Crippen molar-refractivity contribution in [3.05, 3.63) is 35.4 Å². The first-order chi connectivity index (χ1) is 12.0. The van der Waals surface area contributed by atoms with Crippen molar-refractivity contribution in [2.24, 2.45) is 5.41 Å². The Hall–Kier alpha value is -1.49. The van der Waals surface area contributed by atoms with Crippen LogP contribution in [0.4, 0.5) is 0 Å². The molecule has 146 valence electrons. The molecule has 0 aromatic heterocycles. The molecule has 1 N–H and O–H groups in total. The molecule has 4 nitrogen and oxygen atoms in total. The van der Waals surface area contributed by atoms with E-state index >= 15 is 0 Å². The van der Waals surface area contributed by atoms with E-state index in [1.165, 1.54) is 12.5 Å². The SMILES string of the molecule is CSC(C)(CCOC(=O)CC(C)(C)C)Cc1ccccc1CNC(C)=O. The van der Waals surface area contributed by atoms with E-state index in [9.17, 15) is 9.59 Å². The fourth-order valence-corrected chi connectivity index (χ4v) is 3.24. The number of ether oxygens (including phenoxy) is 1. The molecular weight excluding hydrogens is 346 g/mol. The molecule has 0 aliphatic rings. The lowest BCUT2D eigenvalue weighted by Crippen LogP contribution is -2.28. The second kappa shape index (κ2) is 10.0. The Morgan fingerprint density at radius 1 is 1.12 bits per heavy atom. The summed E-state index contributed by atoms with van der Waals surface area (Å²) in [5.41, 5.74) is 2.30. The van der Waals surface area contributed by atoms with Gasteiger partial charge in [-0.3, -0.25) is 9.59 Å². The van der Waals surface area contributed by atoms with Crippen molar-refractivity contribution >= 4 is 23.6 Å². The number of hydrogen-bond donors (Lipinski definition) is 1. The molecule has 1 aromatic carbocycles. The zero-order chi connectivity index (χ0) is 19.8. The molecule has 1 amide bonds. The maximum absolute atomic E-state index is 11.9. The van der Waals surface area contributed by atoms with Crippen LogP contribution in [0.5, 0.6) is 0 Å². The van der Waals surface area contributed by atoms with Crippen LogP contribution >= 0.6 is 11.8 Å². The fraction of sp³-hybridized carbons (Fsp3) is 0.619. The minimum absolute atomic E-state index is 0.0295. The zero-order valence-electron chi connectivity index (χ0n) is 17.0. The number of benzene rings is 1. The van der Waals surface area contributed by atoms with Gasteiger partial charge in [0.25, 0.3) is 0 Å². The largest absolute Gasteiger partial charge is 0.466 e. The molecule has 1 unspecified atom stereocenters. The number of carbonyl (C=O) groups excluding carboxylic acids is 2. The van der Waals surface area contributed by atoms with Crippen LogP contribution in [0.2, 0.25) is 0 Å². The van der Waals surface area contributed by atoms with Crippen LogP contribution in [-0.2, 0) is 27.3 Å². The first kappa shape index (κ1) is 22.6. The van der Waals surface area contributed by atoms with Crippen molar-refractivity contribution in [1.29, 1.82) is 0 Å². The molecule has 0 aliphatic heterocycles. The summed E-state index contributed by atoms with van der Waals surface area (Å²) in [7, 11) is 0. The Kier molecular flexibility index (Phi) is 8.68. The second-order valence-corrected chi connectivity index (χ2v) is 9.61. The van der Waals surface area contributed by atoms with Crippen LogP contribution in [-0.4, -0.2) is 29.5 Å². The van der Waals surface area contributed by atoms with Crippen molar-refractivity contribution in [3.8, 4) is 0 Å². The lowest BCUT2D eigenvalue weighted by atomic mass is 9.92. The molecule has 0 heterocycles. The highest BCUT2D eigenvalue weighted by molar-refractivity contribution is 7.99. The molecule has 1 rings (SSSR count). The minimum atomic E-state index is -0.132. The van der Waals surface area contributed by atoms with Gasteiger partial charge in [-0.2, -0.15) is 11.8 Å². The third-order valence-corrected chi connectivity index (χ3v) is 5.61. The van der Waals surface area contributed by atoms with Crippen molar-refractivity contribution in [2.75, 3.05) is 12.9 Å². The molecule has 0 fully saturated rings.